The molecule has 0 fully saturated rings. The standard InChI is InChI=1S/C15H13FN4O/c1-21-10-11-4-2-3-5-15(11)20-9-14(18-19-20)12-6-13(16)8-17-7-12/h2-9H,10H2,1H3. The van der Waals surface area contributed by atoms with Crippen LogP contribution < -0.4 is 0 Å². The van der Waals surface area contributed by atoms with Crippen molar-refractivity contribution in [1.82, 2.24) is 20.0 Å². The molecule has 0 N–H and O–H groups in total. The van der Waals surface area contributed by atoms with E-state index in [1.807, 2.05) is 24.3 Å². The molecule has 0 bridgehead atoms. The van der Waals surface area contributed by atoms with Crippen LogP contribution in [-0.4, -0.2) is 27.1 Å². The molecule has 0 atom stereocenters. The maximum absolute atomic E-state index is 13.2. The molecule has 2 heterocycles. The average molecular weight is 284 g/mol. The molecule has 6 heteroatoms. The molecule has 0 spiro atoms. The maximum Gasteiger partial charge on any atom is 0.142 e. The Morgan fingerprint density at radius 3 is 2.90 bits per heavy atom. The molecule has 106 valence electrons. The van der Waals surface area contributed by atoms with Crippen LogP contribution >= 0.6 is 0 Å². The third kappa shape index (κ3) is 2.80. The third-order valence-electron chi connectivity index (χ3n) is 3.03. The van der Waals surface area contributed by atoms with Crippen LogP contribution in [0.4, 0.5) is 4.39 Å². The lowest BCUT2D eigenvalue weighted by Crippen LogP contribution is -2.01. The van der Waals surface area contributed by atoms with Gasteiger partial charge in [0.25, 0.3) is 0 Å². The quantitative estimate of drug-likeness (QED) is 0.739. The van der Waals surface area contributed by atoms with Gasteiger partial charge in [0.2, 0.25) is 0 Å². The number of methoxy groups -OCH3 is 1. The van der Waals surface area contributed by atoms with Gasteiger partial charge in [-0.05, 0) is 12.1 Å². The Bertz CT molecular complexity index is 757. The minimum absolute atomic E-state index is 0.401. The molecule has 0 radical (unpaired) electrons. The molecule has 3 rings (SSSR count). The van der Waals surface area contributed by atoms with Gasteiger partial charge in [-0.2, -0.15) is 0 Å². The predicted molar refractivity (Wildman–Crippen MR) is 75.3 cm³/mol. The SMILES string of the molecule is COCc1ccccc1-n1cc(-c2cncc(F)c2)nn1. The average Bonchev–Trinajstić information content (AvgIpc) is 2.98. The minimum atomic E-state index is -0.401. The summed E-state index contributed by atoms with van der Waals surface area (Å²) in [6.45, 7) is 0.479. The van der Waals surface area contributed by atoms with Crippen molar-refractivity contribution in [3.63, 3.8) is 0 Å². The third-order valence-corrected chi connectivity index (χ3v) is 3.03. The van der Waals surface area contributed by atoms with Crippen molar-refractivity contribution in [3.8, 4) is 16.9 Å². The number of aromatic nitrogens is 4. The molecule has 5 nitrogen and oxygen atoms in total. The van der Waals surface area contributed by atoms with Crippen LogP contribution in [0.1, 0.15) is 5.56 Å². The fraction of sp³-hybridized carbons (Fsp3) is 0.133. The second-order valence-electron chi connectivity index (χ2n) is 4.50. The van der Waals surface area contributed by atoms with Crippen LogP contribution in [0.3, 0.4) is 0 Å². The molecule has 0 aliphatic heterocycles. The Hall–Kier alpha value is -2.60. The van der Waals surface area contributed by atoms with E-state index < -0.39 is 5.82 Å². The van der Waals surface area contributed by atoms with Crippen molar-refractivity contribution in [3.05, 3.63) is 60.3 Å². The highest BCUT2D eigenvalue weighted by Gasteiger charge is 2.09. The lowest BCUT2D eigenvalue weighted by Gasteiger charge is -2.07. The largest absolute Gasteiger partial charge is 0.380 e. The molecule has 0 aliphatic rings. The number of rotatable bonds is 4. The van der Waals surface area contributed by atoms with E-state index in [1.165, 1.54) is 6.07 Å². The molecule has 0 saturated heterocycles. The summed E-state index contributed by atoms with van der Waals surface area (Å²) in [6.07, 6.45) is 4.45. The number of halogens is 1. The normalized spacial score (nSPS) is 10.8. The summed E-state index contributed by atoms with van der Waals surface area (Å²) in [7, 11) is 1.64. The number of nitrogens with zero attached hydrogens (tertiary/aromatic N) is 4. The van der Waals surface area contributed by atoms with Crippen molar-refractivity contribution in [2.24, 2.45) is 0 Å². The monoisotopic (exact) mass is 284 g/mol. The number of para-hydroxylation sites is 1. The van der Waals surface area contributed by atoms with E-state index in [0.717, 1.165) is 17.4 Å². The van der Waals surface area contributed by atoms with Gasteiger partial charge in [-0.25, -0.2) is 9.07 Å². The van der Waals surface area contributed by atoms with E-state index in [9.17, 15) is 4.39 Å². The molecule has 0 unspecified atom stereocenters. The van der Waals surface area contributed by atoms with Crippen molar-refractivity contribution < 1.29 is 9.13 Å². The minimum Gasteiger partial charge on any atom is -0.380 e. The van der Waals surface area contributed by atoms with Crippen LogP contribution in [0.25, 0.3) is 16.9 Å². The van der Waals surface area contributed by atoms with Crippen molar-refractivity contribution in [2.45, 2.75) is 6.61 Å². The predicted octanol–water partition coefficient (Wildman–Crippen LogP) is 2.61. The summed E-state index contributed by atoms with van der Waals surface area (Å²) in [6, 6.07) is 9.12. The van der Waals surface area contributed by atoms with Gasteiger partial charge in [-0.1, -0.05) is 23.4 Å². The number of pyridine rings is 1. The topological polar surface area (TPSA) is 52.8 Å². The van der Waals surface area contributed by atoms with Crippen molar-refractivity contribution in [1.29, 1.82) is 0 Å². The van der Waals surface area contributed by atoms with Gasteiger partial charge in [0.1, 0.15) is 11.5 Å². The zero-order chi connectivity index (χ0) is 14.7. The van der Waals surface area contributed by atoms with Gasteiger partial charge in [0.05, 0.1) is 24.7 Å². The molecule has 21 heavy (non-hydrogen) atoms. The second kappa shape index (κ2) is 5.80. The van der Waals surface area contributed by atoms with Crippen molar-refractivity contribution >= 4 is 0 Å². The van der Waals surface area contributed by atoms with Gasteiger partial charge < -0.3 is 4.74 Å². The summed E-state index contributed by atoms with van der Waals surface area (Å²) in [5.41, 5.74) is 3.02. The first kappa shape index (κ1) is 13.4. The number of hydrogen-bond acceptors (Lipinski definition) is 4. The molecule has 2 aromatic heterocycles. The Morgan fingerprint density at radius 1 is 1.24 bits per heavy atom. The fourth-order valence-electron chi connectivity index (χ4n) is 2.08. The Balaban J connectivity index is 1.99. The Kier molecular flexibility index (Phi) is 3.70. The number of benzene rings is 1. The number of hydrogen-bond donors (Lipinski definition) is 0. The van der Waals surface area contributed by atoms with Crippen LogP contribution in [0.15, 0.2) is 48.9 Å². The first-order valence-corrected chi connectivity index (χ1v) is 6.38. The zero-order valence-corrected chi connectivity index (χ0v) is 11.4. The summed E-state index contributed by atoms with van der Waals surface area (Å²) < 4.78 is 20.0. The highest BCUT2D eigenvalue weighted by Crippen LogP contribution is 2.19. The molecular weight excluding hydrogens is 271 g/mol. The zero-order valence-electron chi connectivity index (χ0n) is 11.4. The molecule has 1 aromatic carbocycles. The van der Waals surface area contributed by atoms with E-state index in [4.69, 9.17) is 4.74 Å². The van der Waals surface area contributed by atoms with E-state index in [0.29, 0.717) is 17.9 Å². The summed E-state index contributed by atoms with van der Waals surface area (Å²) in [4.78, 5) is 3.82. The van der Waals surface area contributed by atoms with E-state index >= 15 is 0 Å². The van der Waals surface area contributed by atoms with Crippen LogP contribution in [0, 0.1) is 5.82 Å². The van der Waals surface area contributed by atoms with Gasteiger partial charge in [0, 0.05) is 24.4 Å². The summed E-state index contributed by atoms with van der Waals surface area (Å²) in [5, 5.41) is 8.17. The van der Waals surface area contributed by atoms with E-state index in [2.05, 4.69) is 15.3 Å². The molecule has 3 aromatic rings. The van der Waals surface area contributed by atoms with Crippen molar-refractivity contribution in [2.75, 3.05) is 7.11 Å². The molecule has 0 aliphatic carbocycles. The van der Waals surface area contributed by atoms with Crippen LogP contribution in [0.2, 0.25) is 0 Å². The Morgan fingerprint density at radius 2 is 2.10 bits per heavy atom. The lowest BCUT2D eigenvalue weighted by atomic mass is 10.2. The first-order valence-electron chi connectivity index (χ1n) is 6.38. The molecule has 0 saturated carbocycles. The molecular formula is C15H13FN4O. The number of ether oxygens (including phenoxy) is 1. The second-order valence-corrected chi connectivity index (χ2v) is 4.50. The Labute approximate surface area is 121 Å². The molecule has 0 amide bonds. The van der Waals surface area contributed by atoms with E-state index in [-0.39, 0.29) is 0 Å². The highest BCUT2D eigenvalue weighted by atomic mass is 19.1. The van der Waals surface area contributed by atoms with Crippen LogP contribution in [-0.2, 0) is 11.3 Å². The maximum atomic E-state index is 13.2. The smallest absolute Gasteiger partial charge is 0.142 e. The fourth-order valence-corrected chi connectivity index (χ4v) is 2.08. The van der Waals surface area contributed by atoms with Crippen LogP contribution in [0.5, 0.6) is 0 Å². The lowest BCUT2D eigenvalue weighted by molar-refractivity contribution is 0.184. The highest BCUT2D eigenvalue weighted by molar-refractivity contribution is 5.57. The summed E-state index contributed by atoms with van der Waals surface area (Å²) >= 11 is 0. The van der Waals surface area contributed by atoms with E-state index in [1.54, 1.807) is 24.2 Å². The van der Waals surface area contributed by atoms with Gasteiger partial charge in [-0.15, -0.1) is 5.10 Å². The van der Waals surface area contributed by atoms with Gasteiger partial charge in [0.15, 0.2) is 0 Å². The first-order chi connectivity index (χ1) is 10.3. The van der Waals surface area contributed by atoms with Gasteiger partial charge in [-0.3, -0.25) is 4.98 Å². The summed E-state index contributed by atoms with van der Waals surface area (Å²) in [5.74, 6) is -0.401. The van der Waals surface area contributed by atoms with Gasteiger partial charge >= 0.3 is 0 Å².